The molecule has 3 heterocycles. The van der Waals surface area contributed by atoms with Crippen molar-refractivity contribution < 1.29 is 4.57 Å². The maximum Gasteiger partial charge on any atom is 0.252 e. The van der Waals surface area contributed by atoms with Gasteiger partial charge in [-0.3, -0.25) is 0 Å². The van der Waals surface area contributed by atoms with Crippen molar-refractivity contribution >= 4 is 49.0 Å². The predicted molar refractivity (Wildman–Crippen MR) is 129 cm³/mol. The fraction of sp³-hybridized carbons (Fsp3) is 0.179. The molecule has 0 atom stereocenters. The Balaban J connectivity index is 2.07. The number of nitriles is 1. The van der Waals surface area contributed by atoms with Crippen LogP contribution in [0.1, 0.15) is 30.5 Å². The first-order valence-electron chi connectivity index (χ1n) is 10.7. The molecule has 0 N–H and O–H groups in total. The number of para-hydroxylation sites is 1. The van der Waals surface area contributed by atoms with Gasteiger partial charge in [-0.1, -0.05) is 18.2 Å². The third-order valence-electron chi connectivity index (χ3n) is 6.94. The van der Waals surface area contributed by atoms with Crippen LogP contribution in [0.3, 0.4) is 0 Å². The zero-order valence-electron chi connectivity index (χ0n) is 18.5. The molecule has 0 fully saturated rings. The molecule has 0 radical (unpaired) electrons. The molecule has 3 aromatic heterocycles. The largest absolute Gasteiger partial charge is 0.307 e. The van der Waals surface area contributed by atoms with Crippen LogP contribution in [0.2, 0.25) is 0 Å². The molecule has 0 saturated carbocycles. The van der Waals surface area contributed by atoms with E-state index in [1.807, 2.05) is 32.0 Å². The van der Waals surface area contributed by atoms with Gasteiger partial charge in [-0.05, 0) is 42.1 Å². The molecule has 6 rings (SSSR count). The van der Waals surface area contributed by atoms with Gasteiger partial charge in [-0.15, -0.1) is 0 Å². The second-order valence-corrected chi connectivity index (χ2v) is 9.21. The summed E-state index contributed by atoms with van der Waals surface area (Å²) in [6.45, 7) is 13.8. The second kappa shape index (κ2) is 5.96. The van der Waals surface area contributed by atoms with E-state index in [0.29, 0.717) is 5.56 Å². The van der Waals surface area contributed by atoms with Crippen LogP contribution in [0.15, 0.2) is 54.7 Å². The molecule has 0 saturated heterocycles. The van der Waals surface area contributed by atoms with Gasteiger partial charge in [-0.25, -0.2) is 11.1 Å². The topological polar surface area (TPSA) is 36.4 Å². The summed E-state index contributed by atoms with van der Waals surface area (Å²) in [5.74, 6) is 0. The maximum atomic E-state index is 10.00. The zero-order chi connectivity index (χ0) is 22.4. The average molecular weight is 414 g/mol. The van der Waals surface area contributed by atoms with E-state index in [0.717, 1.165) is 49.4 Å². The predicted octanol–water partition coefficient (Wildman–Crippen LogP) is 6.15. The number of nitrogens with zero attached hydrogens (tertiary/aromatic N) is 4. The fourth-order valence-electron chi connectivity index (χ4n) is 5.31. The van der Waals surface area contributed by atoms with E-state index in [4.69, 9.17) is 6.57 Å². The van der Waals surface area contributed by atoms with Crippen LogP contribution in [-0.4, -0.2) is 4.40 Å². The highest BCUT2D eigenvalue weighted by Gasteiger charge is 2.30. The number of pyridine rings is 2. The Bertz CT molecular complexity index is 1840. The van der Waals surface area contributed by atoms with Gasteiger partial charge in [0, 0.05) is 36.2 Å². The molecule has 6 aromatic rings. The van der Waals surface area contributed by atoms with Crippen LogP contribution in [0, 0.1) is 24.8 Å². The molecular formula is C28H21N4+. The van der Waals surface area contributed by atoms with Gasteiger partial charge in [-0.2, -0.15) is 5.26 Å². The van der Waals surface area contributed by atoms with Crippen molar-refractivity contribution in [3.63, 3.8) is 0 Å². The molecule has 3 aromatic carbocycles. The van der Waals surface area contributed by atoms with Crippen molar-refractivity contribution in [3.8, 4) is 6.07 Å². The third-order valence-corrected chi connectivity index (χ3v) is 6.94. The van der Waals surface area contributed by atoms with E-state index in [1.54, 1.807) is 0 Å². The summed E-state index contributed by atoms with van der Waals surface area (Å²) in [4.78, 5) is 3.91. The Kier molecular flexibility index (Phi) is 3.47. The summed E-state index contributed by atoms with van der Waals surface area (Å²) >= 11 is 0. The summed E-state index contributed by atoms with van der Waals surface area (Å²) in [6.07, 6.45) is 2.10. The lowest BCUT2D eigenvalue weighted by Gasteiger charge is -2.17. The molecular weight excluding hydrogens is 392 g/mol. The fourth-order valence-corrected chi connectivity index (χ4v) is 5.31. The highest BCUT2D eigenvalue weighted by molar-refractivity contribution is 6.26. The van der Waals surface area contributed by atoms with Gasteiger partial charge < -0.3 is 9.25 Å². The molecule has 32 heavy (non-hydrogen) atoms. The van der Waals surface area contributed by atoms with E-state index in [-0.39, 0.29) is 0 Å². The number of aromatic nitrogens is 2. The van der Waals surface area contributed by atoms with Crippen molar-refractivity contribution in [2.45, 2.75) is 26.3 Å². The van der Waals surface area contributed by atoms with Crippen LogP contribution >= 0.6 is 0 Å². The normalized spacial score (nSPS) is 12.3. The quantitative estimate of drug-likeness (QED) is 0.138. The van der Waals surface area contributed by atoms with Crippen LogP contribution in [0.25, 0.3) is 53.8 Å². The minimum absolute atomic E-state index is 0.629. The van der Waals surface area contributed by atoms with Crippen molar-refractivity contribution in [1.82, 2.24) is 4.40 Å². The zero-order valence-corrected chi connectivity index (χ0v) is 18.5. The van der Waals surface area contributed by atoms with Crippen molar-refractivity contribution in [2.24, 2.45) is 7.05 Å². The molecule has 4 nitrogen and oxygen atoms in total. The number of aryl methyl sites for hydroxylation is 2. The number of fused-ring (bicyclic) bond motifs is 5. The number of benzene rings is 3. The lowest BCUT2D eigenvalue weighted by Crippen LogP contribution is -2.29. The molecule has 0 unspecified atom stereocenters. The van der Waals surface area contributed by atoms with Crippen LogP contribution in [-0.2, 0) is 12.6 Å². The summed E-state index contributed by atoms with van der Waals surface area (Å²) < 4.78 is 4.49. The molecule has 0 amide bonds. The van der Waals surface area contributed by atoms with E-state index < -0.39 is 5.54 Å². The summed E-state index contributed by atoms with van der Waals surface area (Å²) in [5.41, 5.74) is 6.57. The van der Waals surface area contributed by atoms with Crippen molar-refractivity contribution in [3.05, 3.63) is 82.8 Å². The smallest absolute Gasteiger partial charge is 0.252 e. The van der Waals surface area contributed by atoms with Crippen LogP contribution in [0.4, 0.5) is 0 Å². The van der Waals surface area contributed by atoms with Crippen molar-refractivity contribution in [2.75, 3.05) is 0 Å². The van der Waals surface area contributed by atoms with Gasteiger partial charge in [0.25, 0.3) is 5.54 Å². The molecule has 152 valence electrons. The number of hydrogen-bond acceptors (Lipinski definition) is 1. The number of rotatable bonds is 1. The lowest BCUT2D eigenvalue weighted by molar-refractivity contribution is -0.643. The van der Waals surface area contributed by atoms with Gasteiger partial charge in [0.05, 0.1) is 39.0 Å². The molecule has 0 aliphatic heterocycles. The Hall–Kier alpha value is -4.15. The SMILES string of the molecule is [C-]#[N+]C(C)(C)c1cc2cc[n+](C)c3c4c(C)cc(C#N)c5c6ccccc6n(c(c1)c23)c54. The third kappa shape index (κ3) is 2.12. The second-order valence-electron chi connectivity index (χ2n) is 9.21. The maximum absolute atomic E-state index is 10.00. The first-order valence-corrected chi connectivity index (χ1v) is 10.7. The highest BCUT2D eigenvalue weighted by Crippen LogP contribution is 2.43. The van der Waals surface area contributed by atoms with Gasteiger partial charge >= 0.3 is 0 Å². The van der Waals surface area contributed by atoms with Crippen molar-refractivity contribution in [1.29, 1.82) is 5.26 Å². The van der Waals surface area contributed by atoms with Gasteiger partial charge in [0.1, 0.15) is 7.05 Å². The van der Waals surface area contributed by atoms with E-state index in [2.05, 4.69) is 70.4 Å². The molecule has 0 aliphatic carbocycles. The van der Waals surface area contributed by atoms with E-state index in [1.165, 1.54) is 10.8 Å². The van der Waals surface area contributed by atoms with Gasteiger partial charge in [0.2, 0.25) is 5.52 Å². The van der Waals surface area contributed by atoms with Gasteiger partial charge in [0.15, 0.2) is 6.20 Å². The minimum Gasteiger partial charge on any atom is -0.307 e. The molecule has 0 spiro atoms. The summed E-state index contributed by atoms with van der Waals surface area (Å²) in [7, 11) is 2.08. The Labute approximate surface area is 185 Å². The van der Waals surface area contributed by atoms with E-state index in [9.17, 15) is 5.26 Å². The average Bonchev–Trinajstić information content (AvgIpc) is 3.14. The van der Waals surface area contributed by atoms with Crippen LogP contribution < -0.4 is 4.57 Å². The molecule has 4 heteroatoms. The first-order chi connectivity index (χ1) is 15.4. The Morgan fingerprint density at radius 1 is 1.03 bits per heavy atom. The lowest BCUT2D eigenvalue weighted by atomic mass is 9.91. The monoisotopic (exact) mass is 413 g/mol. The Morgan fingerprint density at radius 2 is 1.81 bits per heavy atom. The van der Waals surface area contributed by atoms with Crippen LogP contribution in [0.5, 0.6) is 0 Å². The summed E-state index contributed by atoms with van der Waals surface area (Å²) in [5, 5.41) is 15.6. The Morgan fingerprint density at radius 3 is 2.56 bits per heavy atom. The standard InChI is InChI=1S/C28H21N4/c1-16-12-18(15-29)24-20-8-6-7-9-21(20)32-22-14-19(28(2,3)30-4)13-17-10-11-31(5)26(25(17)22)23(16)27(24)32/h6-14H,1-3,5H3/q+1. The van der Waals surface area contributed by atoms with E-state index >= 15 is 0 Å². The highest BCUT2D eigenvalue weighted by atomic mass is 15.0. The summed E-state index contributed by atoms with van der Waals surface area (Å²) in [6, 6.07) is 19.2. The molecule has 0 aliphatic rings. The minimum atomic E-state index is -0.629. The number of hydrogen-bond donors (Lipinski definition) is 0. The first kappa shape index (κ1) is 18.6. The molecule has 0 bridgehead atoms.